The van der Waals surface area contributed by atoms with Crippen molar-refractivity contribution in [2.75, 3.05) is 17.6 Å². The zero-order chi connectivity index (χ0) is 10.0. The van der Waals surface area contributed by atoms with Gasteiger partial charge in [0.1, 0.15) is 18.0 Å². The first-order valence-electron chi connectivity index (χ1n) is 5.05. The third-order valence-electron chi connectivity index (χ3n) is 3.04. The highest BCUT2D eigenvalue weighted by molar-refractivity contribution is 5.43. The lowest BCUT2D eigenvalue weighted by Crippen LogP contribution is -2.15. The molecule has 0 radical (unpaired) electrons. The summed E-state index contributed by atoms with van der Waals surface area (Å²) < 4.78 is 0. The van der Waals surface area contributed by atoms with Gasteiger partial charge in [0.05, 0.1) is 0 Å². The number of nitrogen functional groups attached to an aromatic ring is 1. The molecule has 4 heteroatoms. The van der Waals surface area contributed by atoms with Crippen LogP contribution in [0.15, 0.2) is 12.4 Å². The number of nitrogens with zero attached hydrogens (tertiary/aromatic N) is 2. The Morgan fingerprint density at radius 3 is 2.86 bits per heavy atom. The summed E-state index contributed by atoms with van der Waals surface area (Å²) in [5.41, 5.74) is 6.08. The SMILES string of the molecule is CCC1(CNc2cc(N)ncn2)CC1. The third kappa shape index (κ3) is 1.95. The lowest BCUT2D eigenvalue weighted by molar-refractivity contribution is 0.520. The highest BCUT2D eigenvalue weighted by Crippen LogP contribution is 2.48. The number of hydrogen-bond donors (Lipinski definition) is 2. The first-order valence-corrected chi connectivity index (χ1v) is 5.05. The maximum Gasteiger partial charge on any atom is 0.131 e. The normalized spacial score (nSPS) is 17.8. The molecule has 0 aromatic carbocycles. The molecule has 76 valence electrons. The van der Waals surface area contributed by atoms with Crippen LogP contribution in [0, 0.1) is 5.41 Å². The molecule has 1 saturated carbocycles. The highest BCUT2D eigenvalue weighted by Gasteiger charge is 2.40. The van der Waals surface area contributed by atoms with Crippen LogP contribution in [0.3, 0.4) is 0 Å². The number of hydrogen-bond acceptors (Lipinski definition) is 4. The Morgan fingerprint density at radius 1 is 1.50 bits per heavy atom. The Kier molecular flexibility index (Phi) is 2.27. The van der Waals surface area contributed by atoms with Gasteiger partial charge in [-0.15, -0.1) is 0 Å². The summed E-state index contributed by atoms with van der Waals surface area (Å²) in [6, 6.07) is 1.77. The summed E-state index contributed by atoms with van der Waals surface area (Å²) >= 11 is 0. The van der Waals surface area contributed by atoms with Crippen molar-refractivity contribution in [2.45, 2.75) is 26.2 Å². The molecule has 0 atom stereocenters. The molecule has 1 aliphatic rings. The molecular formula is C10H16N4. The Labute approximate surface area is 83.9 Å². The molecule has 1 heterocycles. The van der Waals surface area contributed by atoms with Crippen molar-refractivity contribution in [1.29, 1.82) is 0 Å². The summed E-state index contributed by atoms with van der Waals surface area (Å²) in [7, 11) is 0. The lowest BCUT2D eigenvalue weighted by Gasteiger charge is -2.13. The molecule has 0 amide bonds. The number of aromatic nitrogens is 2. The molecular weight excluding hydrogens is 176 g/mol. The van der Waals surface area contributed by atoms with E-state index in [4.69, 9.17) is 5.73 Å². The minimum absolute atomic E-state index is 0.517. The standard InChI is InChI=1S/C10H16N4/c1-2-10(3-4-10)6-12-9-5-8(11)13-7-14-9/h5,7H,2-4,6H2,1H3,(H3,11,12,13,14). The molecule has 0 unspecified atom stereocenters. The Bertz CT molecular complexity index is 320. The molecule has 0 bridgehead atoms. The molecule has 14 heavy (non-hydrogen) atoms. The van der Waals surface area contributed by atoms with Crippen molar-refractivity contribution < 1.29 is 0 Å². The van der Waals surface area contributed by atoms with E-state index in [9.17, 15) is 0 Å². The van der Waals surface area contributed by atoms with Gasteiger partial charge in [0.2, 0.25) is 0 Å². The number of nitrogens with one attached hydrogen (secondary N) is 1. The topological polar surface area (TPSA) is 63.8 Å². The molecule has 0 saturated heterocycles. The quantitative estimate of drug-likeness (QED) is 0.761. The van der Waals surface area contributed by atoms with E-state index in [0.29, 0.717) is 11.2 Å². The van der Waals surface area contributed by atoms with Gasteiger partial charge in [-0.05, 0) is 24.7 Å². The highest BCUT2D eigenvalue weighted by atomic mass is 15.0. The van der Waals surface area contributed by atoms with Crippen LogP contribution in [-0.2, 0) is 0 Å². The fourth-order valence-electron chi connectivity index (χ4n) is 1.58. The summed E-state index contributed by atoms with van der Waals surface area (Å²) in [4.78, 5) is 7.95. The van der Waals surface area contributed by atoms with Gasteiger partial charge in [-0.3, -0.25) is 0 Å². The largest absolute Gasteiger partial charge is 0.384 e. The zero-order valence-electron chi connectivity index (χ0n) is 8.45. The number of anilines is 2. The van der Waals surface area contributed by atoms with Crippen LogP contribution in [0.2, 0.25) is 0 Å². The van der Waals surface area contributed by atoms with Gasteiger partial charge in [0.15, 0.2) is 0 Å². The average molecular weight is 192 g/mol. The molecule has 2 rings (SSSR count). The smallest absolute Gasteiger partial charge is 0.131 e. The molecule has 1 aromatic heterocycles. The second-order valence-corrected chi connectivity index (χ2v) is 4.04. The summed E-state index contributed by atoms with van der Waals surface area (Å²) in [6.45, 7) is 3.24. The predicted octanol–water partition coefficient (Wildman–Crippen LogP) is 1.66. The summed E-state index contributed by atoms with van der Waals surface area (Å²) in [6.07, 6.45) is 5.39. The van der Waals surface area contributed by atoms with Crippen molar-refractivity contribution in [1.82, 2.24) is 9.97 Å². The van der Waals surface area contributed by atoms with Crippen molar-refractivity contribution in [3.8, 4) is 0 Å². The van der Waals surface area contributed by atoms with E-state index in [2.05, 4.69) is 22.2 Å². The van der Waals surface area contributed by atoms with E-state index in [1.807, 2.05) is 0 Å². The van der Waals surface area contributed by atoms with Gasteiger partial charge in [-0.1, -0.05) is 6.92 Å². The average Bonchev–Trinajstić information content (AvgIpc) is 2.96. The first-order chi connectivity index (χ1) is 6.74. The molecule has 0 spiro atoms. The number of nitrogens with two attached hydrogens (primary N) is 1. The molecule has 4 nitrogen and oxygen atoms in total. The first kappa shape index (κ1) is 9.24. The minimum atomic E-state index is 0.517. The molecule has 1 fully saturated rings. The maximum atomic E-state index is 5.55. The van der Waals surface area contributed by atoms with Crippen molar-refractivity contribution in [2.24, 2.45) is 5.41 Å². The van der Waals surface area contributed by atoms with E-state index in [1.54, 1.807) is 6.07 Å². The molecule has 1 aliphatic carbocycles. The van der Waals surface area contributed by atoms with E-state index >= 15 is 0 Å². The van der Waals surface area contributed by atoms with Crippen molar-refractivity contribution in [3.63, 3.8) is 0 Å². The van der Waals surface area contributed by atoms with Gasteiger partial charge >= 0.3 is 0 Å². The number of rotatable bonds is 4. The van der Waals surface area contributed by atoms with Crippen molar-refractivity contribution >= 4 is 11.6 Å². The van der Waals surface area contributed by atoms with E-state index in [0.717, 1.165) is 12.4 Å². The van der Waals surface area contributed by atoms with Gasteiger partial charge in [0, 0.05) is 12.6 Å². The van der Waals surface area contributed by atoms with Crippen LogP contribution in [0.1, 0.15) is 26.2 Å². The summed E-state index contributed by atoms with van der Waals surface area (Å²) in [5.74, 6) is 1.35. The van der Waals surface area contributed by atoms with Gasteiger partial charge in [0.25, 0.3) is 0 Å². The lowest BCUT2D eigenvalue weighted by atomic mass is 10.0. The Morgan fingerprint density at radius 2 is 2.29 bits per heavy atom. The van der Waals surface area contributed by atoms with Crippen LogP contribution in [0.25, 0.3) is 0 Å². The molecule has 3 N–H and O–H groups in total. The van der Waals surface area contributed by atoms with Crippen LogP contribution in [-0.4, -0.2) is 16.5 Å². The molecule has 0 aliphatic heterocycles. The minimum Gasteiger partial charge on any atom is -0.384 e. The molecule has 1 aromatic rings. The second-order valence-electron chi connectivity index (χ2n) is 4.04. The fourth-order valence-corrected chi connectivity index (χ4v) is 1.58. The van der Waals surface area contributed by atoms with Crippen molar-refractivity contribution in [3.05, 3.63) is 12.4 Å². The maximum absolute atomic E-state index is 5.55. The Hall–Kier alpha value is -1.32. The van der Waals surface area contributed by atoms with Gasteiger partial charge in [-0.25, -0.2) is 9.97 Å². The van der Waals surface area contributed by atoms with E-state index in [-0.39, 0.29) is 0 Å². The van der Waals surface area contributed by atoms with Gasteiger partial charge < -0.3 is 11.1 Å². The van der Waals surface area contributed by atoms with Gasteiger partial charge in [-0.2, -0.15) is 0 Å². The summed E-state index contributed by atoms with van der Waals surface area (Å²) in [5, 5.41) is 3.31. The van der Waals surface area contributed by atoms with Crippen LogP contribution < -0.4 is 11.1 Å². The van der Waals surface area contributed by atoms with E-state index < -0.39 is 0 Å². The zero-order valence-corrected chi connectivity index (χ0v) is 8.45. The Balaban J connectivity index is 1.92. The third-order valence-corrected chi connectivity index (χ3v) is 3.04. The predicted molar refractivity (Wildman–Crippen MR) is 56.9 cm³/mol. The fraction of sp³-hybridized carbons (Fsp3) is 0.600. The van der Waals surface area contributed by atoms with E-state index in [1.165, 1.54) is 25.6 Å². The van der Waals surface area contributed by atoms with Crippen LogP contribution >= 0.6 is 0 Å². The van der Waals surface area contributed by atoms with Crippen LogP contribution in [0.4, 0.5) is 11.6 Å². The second kappa shape index (κ2) is 3.44. The van der Waals surface area contributed by atoms with Crippen LogP contribution in [0.5, 0.6) is 0 Å². The monoisotopic (exact) mass is 192 g/mol.